The Balaban J connectivity index is 0.000000658. The number of methoxy groups -OCH3 is 1. The van der Waals surface area contributed by atoms with Crippen LogP contribution in [0.2, 0.25) is 0 Å². The molecule has 2 aromatic rings. The van der Waals surface area contributed by atoms with Gasteiger partial charge in [0.15, 0.2) is 0 Å². The molecule has 0 aliphatic rings. The Labute approximate surface area is 193 Å². The summed E-state index contributed by atoms with van der Waals surface area (Å²) in [4.78, 5) is 0. The standard InChI is InChI=1S/C14H13FNO2S.C9H19O.Li/c1-11-6-2-5-9-14(11)16-19(17,18)10-12-7-3-4-8-13(12)15;1-5-7-9(3,6-2)8-10-4;/h2-9,16H,1,10H2;2,5-8H2,1,3-4H3;/q2*-1;+1. The quantitative estimate of drug-likeness (QED) is 0.494. The van der Waals surface area contributed by atoms with E-state index in [9.17, 15) is 12.8 Å². The van der Waals surface area contributed by atoms with Crippen molar-refractivity contribution in [2.24, 2.45) is 5.41 Å². The number of benzene rings is 2. The van der Waals surface area contributed by atoms with Crippen molar-refractivity contribution >= 4 is 15.7 Å². The molecular formula is C23H32FLiNO3S-. The van der Waals surface area contributed by atoms with E-state index in [4.69, 9.17) is 4.74 Å². The number of sulfonamides is 1. The number of hydrogen-bond donors (Lipinski definition) is 1. The van der Waals surface area contributed by atoms with Gasteiger partial charge in [-0.1, -0.05) is 56.3 Å². The van der Waals surface area contributed by atoms with Crippen molar-refractivity contribution in [3.05, 3.63) is 79.3 Å². The maximum Gasteiger partial charge on any atom is 1.00 e. The molecule has 1 atom stereocenters. The van der Waals surface area contributed by atoms with Gasteiger partial charge in [0.2, 0.25) is 10.0 Å². The van der Waals surface area contributed by atoms with Crippen LogP contribution < -0.4 is 23.6 Å². The SMILES string of the molecule is [CH2-]CC(C)(CCC)COC.[CH2-]c1ccccc1NS(=O)(=O)Cc1ccccc1F.[Li+]. The number of rotatable bonds is 9. The van der Waals surface area contributed by atoms with Gasteiger partial charge in [0, 0.05) is 19.3 Å². The molecule has 0 aliphatic heterocycles. The second-order valence-corrected chi connectivity index (χ2v) is 9.08. The summed E-state index contributed by atoms with van der Waals surface area (Å²) in [7, 11) is -1.91. The van der Waals surface area contributed by atoms with Crippen molar-refractivity contribution in [2.75, 3.05) is 18.4 Å². The molecule has 1 N–H and O–H groups in total. The van der Waals surface area contributed by atoms with Crippen LogP contribution in [-0.2, 0) is 20.5 Å². The van der Waals surface area contributed by atoms with E-state index in [0.29, 0.717) is 16.7 Å². The third kappa shape index (κ3) is 10.0. The molecule has 2 aromatic carbocycles. The van der Waals surface area contributed by atoms with Crippen molar-refractivity contribution in [2.45, 2.75) is 38.9 Å². The van der Waals surface area contributed by atoms with E-state index < -0.39 is 21.6 Å². The summed E-state index contributed by atoms with van der Waals surface area (Å²) in [5, 5.41) is 0. The zero-order valence-electron chi connectivity index (χ0n) is 18.6. The van der Waals surface area contributed by atoms with Gasteiger partial charge in [-0.25, -0.2) is 12.8 Å². The van der Waals surface area contributed by atoms with Crippen molar-refractivity contribution in [1.29, 1.82) is 0 Å². The van der Waals surface area contributed by atoms with E-state index in [1.54, 1.807) is 37.4 Å². The second kappa shape index (κ2) is 13.8. The molecule has 30 heavy (non-hydrogen) atoms. The molecule has 162 valence electrons. The molecule has 0 amide bonds. The Morgan fingerprint density at radius 3 is 2.27 bits per heavy atom. The Morgan fingerprint density at radius 2 is 1.73 bits per heavy atom. The van der Waals surface area contributed by atoms with Crippen LogP contribution in [0.3, 0.4) is 0 Å². The molecular weight excluding hydrogens is 396 g/mol. The van der Waals surface area contributed by atoms with Crippen LogP contribution in [0.25, 0.3) is 0 Å². The zero-order valence-corrected chi connectivity index (χ0v) is 19.4. The van der Waals surface area contributed by atoms with Crippen molar-refractivity contribution in [1.82, 2.24) is 0 Å². The van der Waals surface area contributed by atoms with Crippen molar-refractivity contribution < 1.29 is 36.4 Å². The summed E-state index contributed by atoms with van der Waals surface area (Å²) < 4.78 is 44.9. The van der Waals surface area contributed by atoms with Gasteiger partial charge in [-0.15, -0.1) is 6.07 Å². The molecule has 4 nitrogen and oxygen atoms in total. The van der Waals surface area contributed by atoms with Gasteiger partial charge in [0.05, 0.1) is 5.75 Å². The number of ether oxygens (including phenoxy) is 1. The summed E-state index contributed by atoms with van der Waals surface area (Å²) in [5.41, 5.74) is 1.42. The average Bonchev–Trinajstić information content (AvgIpc) is 2.66. The number of hydrogen-bond acceptors (Lipinski definition) is 3. The minimum absolute atomic E-state index is 0. The largest absolute Gasteiger partial charge is 1.00 e. The van der Waals surface area contributed by atoms with Gasteiger partial charge in [0.25, 0.3) is 0 Å². The molecule has 0 aromatic heterocycles. The summed E-state index contributed by atoms with van der Waals surface area (Å²) in [6.07, 6.45) is 3.40. The third-order valence-electron chi connectivity index (χ3n) is 4.54. The first-order valence-corrected chi connectivity index (χ1v) is 11.2. The van der Waals surface area contributed by atoms with Crippen LogP contribution in [0.15, 0.2) is 48.5 Å². The molecule has 1 unspecified atom stereocenters. The molecule has 7 heteroatoms. The van der Waals surface area contributed by atoms with Gasteiger partial charge in [-0.05, 0) is 17.9 Å². The molecule has 0 saturated carbocycles. The van der Waals surface area contributed by atoms with Gasteiger partial charge in [0.1, 0.15) is 5.82 Å². The molecule has 0 bridgehead atoms. The van der Waals surface area contributed by atoms with E-state index in [-0.39, 0.29) is 24.4 Å². The fourth-order valence-electron chi connectivity index (χ4n) is 2.87. The fourth-order valence-corrected chi connectivity index (χ4v) is 4.11. The van der Waals surface area contributed by atoms with Gasteiger partial charge in [-0.2, -0.15) is 25.0 Å². The maximum absolute atomic E-state index is 13.4. The number of anilines is 1. The number of halogens is 1. The Bertz CT molecular complexity index is 800. The van der Waals surface area contributed by atoms with E-state index in [1.165, 1.54) is 31.0 Å². The van der Waals surface area contributed by atoms with E-state index in [0.717, 1.165) is 13.0 Å². The Kier molecular flexibility index (Phi) is 13.1. The zero-order chi connectivity index (χ0) is 21.9. The molecule has 0 fully saturated rings. The summed E-state index contributed by atoms with van der Waals surface area (Å²) in [6.45, 7) is 12.9. The van der Waals surface area contributed by atoms with Crippen LogP contribution >= 0.6 is 0 Å². The van der Waals surface area contributed by atoms with Crippen LogP contribution in [0.1, 0.15) is 44.2 Å². The summed E-state index contributed by atoms with van der Waals surface area (Å²) in [6, 6.07) is 12.6. The van der Waals surface area contributed by atoms with Crippen LogP contribution in [0, 0.1) is 25.1 Å². The number of nitrogens with one attached hydrogen (secondary N) is 1. The van der Waals surface area contributed by atoms with Gasteiger partial charge >= 0.3 is 18.9 Å². The minimum Gasteiger partial charge on any atom is -0.384 e. The minimum atomic E-state index is -3.66. The average molecular weight is 429 g/mol. The first-order valence-electron chi connectivity index (χ1n) is 9.59. The molecule has 0 aliphatic carbocycles. The molecule has 0 spiro atoms. The fraction of sp³-hybridized carbons (Fsp3) is 0.391. The van der Waals surface area contributed by atoms with Gasteiger partial charge < -0.3 is 16.4 Å². The van der Waals surface area contributed by atoms with Crippen LogP contribution in [0.4, 0.5) is 10.1 Å². The maximum atomic E-state index is 13.4. The second-order valence-electron chi connectivity index (χ2n) is 7.35. The first-order chi connectivity index (χ1) is 13.7. The molecule has 0 heterocycles. The van der Waals surface area contributed by atoms with E-state index >= 15 is 0 Å². The van der Waals surface area contributed by atoms with E-state index in [2.05, 4.69) is 32.4 Å². The van der Waals surface area contributed by atoms with Crippen molar-refractivity contribution in [3.63, 3.8) is 0 Å². The van der Waals surface area contributed by atoms with Crippen LogP contribution in [-0.4, -0.2) is 22.1 Å². The predicted octanol–water partition coefficient (Wildman–Crippen LogP) is 2.62. The number of para-hydroxylation sites is 1. The van der Waals surface area contributed by atoms with Crippen molar-refractivity contribution in [3.8, 4) is 0 Å². The third-order valence-corrected chi connectivity index (χ3v) is 5.76. The smallest absolute Gasteiger partial charge is 0.384 e. The predicted molar refractivity (Wildman–Crippen MR) is 118 cm³/mol. The van der Waals surface area contributed by atoms with E-state index in [1.807, 2.05) is 0 Å². The monoisotopic (exact) mass is 428 g/mol. The molecule has 0 saturated heterocycles. The molecule has 0 radical (unpaired) electrons. The first kappa shape index (κ1) is 28.5. The molecule has 2 rings (SSSR count). The van der Waals surface area contributed by atoms with Gasteiger partial charge in [-0.3, -0.25) is 0 Å². The Hall–Kier alpha value is -1.45. The summed E-state index contributed by atoms with van der Waals surface area (Å²) in [5.74, 6) is -0.940. The normalized spacial score (nSPS) is 12.7. The topological polar surface area (TPSA) is 55.4 Å². The van der Waals surface area contributed by atoms with Crippen LogP contribution in [0.5, 0.6) is 0 Å². The Morgan fingerprint density at radius 1 is 1.13 bits per heavy atom. The summed E-state index contributed by atoms with van der Waals surface area (Å²) >= 11 is 0.